The zero-order valence-electron chi connectivity index (χ0n) is 9.41. The van der Waals surface area contributed by atoms with Crippen molar-refractivity contribution < 1.29 is 19.4 Å². The lowest BCUT2D eigenvalue weighted by atomic mass is 10.2. The molecule has 2 rings (SSSR count). The summed E-state index contributed by atoms with van der Waals surface area (Å²) in [5, 5.41) is 6.25. The number of halogens is 5. The Kier molecular flexibility index (Phi) is 2.48. The van der Waals surface area contributed by atoms with E-state index in [-0.39, 0.29) is 16.2 Å². The molecule has 0 aliphatic heterocycles. The third kappa shape index (κ3) is 2.78. The molecule has 0 amide bonds. The van der Waals surface area contributed by atoms with Crippen LogP contribution in [0.15, 0.2) is 29.2 Å². The lowest BCUT2D eigenvalue weighted by molar-refractivity contribution is 0.364. The largest absolute Gasteiger partial charge is 0.310 e. The van der Waals surface area contributed by atoms with Crippen LogP contribution < -0.4 is 0 Å². The van der Waals surface area contributed by atoms with E-state index >= 15 is 0 Å². The molecule has 0 unspecified atom stereocenters. The summed E-state index contributed by atoms with van der Waals surface area (Å²) in [5.41, 5.74) is 0.250. The normalized spacial score (nSPS) is 15.9. The van der Waals surface area contributed by atoms with Crippen molar-refractivity contribution in [3.63, 3.8) is 0 Å². The Morgan fingerprint density at radius 3 is 2.00 bits per heavy atom. The number of aromatic amines is 1. The minimum Gasteiger partial charge on any atom is -0.303 e. The van der Waals surface area contributed by atoms with Gasteiger partial charge in [-0.3, -0.25) is 5.10 Å². The number of H-pyrrole nitrogens is 1. The van der Waals surface area contributed by atoms with Crippen LogP contribution in [0.5, 0.6) is 0 Å². The third-order valence-electron chi connectivity index (χ3n) is 2.44. The van der Waals surface area contributed by atoms with Gasteiger partial charge < -0.3 is 4.57 Å². The Hall–Kier alpha value is -1.42. The fraction of sp³-hybridized carbons (Fsp3) is 0.111. The molecule has 0 radical (unpaired) electrons. The zero-order chi connectivity index (χ0) is 14.5. The fourth-order valence-corrected chi connectivity index (χ4v) is 2.25. The molecule has 0 saturated heterocycles. The van der Waals surface area contributed by atoms with E-state index < -0.39 is 15.1 Å². The van der Waals surface area contributed by atoms with Crippen molar-refractivity contribution in [2.75, 3.05) is 0 Å². The van der Waals surface area contributed by atoms with Crippen molar-refractivity contribution in [3.8, 4) is 11.4 Å². The lowest BCUT2D eigenvalue weighted by Gasteiger charge is -2.40. The van der Waals surface area contributed by atoms with E-state index in [2.05, 4.69) is 10.2 Å². The van der Waals surface area contributed by atoms with Crippen molar-refractivity contribution in [3.05, 3.63) is 29.0 Å². The summed E-state index contributed by atoms with van der Waals surface area (Å²) in [4.78, 5) is -1.93. The molecule has 0 aliphatic carbocycles. The van der Waals surface area contributed by atoms with Gasteiger partial charge in [-0.2, -0.15) is 5.10 Å². The summed E-state index contributed by atoms with van der Waals surface area (Å²) in [6.07, 6.45) is 0. The van der Waals surface area contributed by atoms with Crippen molar-refractivity contribution in [1.29, 1.82) is 0 Å². The summed E-state index contributed by atoms with van der Waals surface area (Å²) in [7, 11) is -8.07. The molecule has 0 spiro atoms. The van der Waals surface area contributed by atoms with Crippen molar-refractivity contribution in [1.82, 2.24) is 14.8 Å². The van der Waals surface area contributed by atoms with Crippen molar-refractivity contribution in [2.45, 2.75) is 4.90 Å². The van der Waals surface area contributed by atoms with Crippen LogP contribution in [0.25, 0.3) is 11.4 Å². The van der Waals surface area contributed by atoms with E-state index in [0.29, 0.717) is 12.1 Å². The summed E-state index contributed by atoms with van der Waals surface area (Å²) >= 11 is 4.85. The highest BCUT2D eigenvalue weighted by Crippen LogP contribution is 3.02. The maximum Gasteiger partial charge on any atom is 0.310 e. The number of benzene rings is 1. The van der Waals surface area contributed by atoms with Gasteiger partial charge in [-0.15, -0.1) is 0 Å². The summed E-state index contributed by atoms with van der Waals surface area (Å²) in [6.45, 7) is 0. The molecule has 0 aliphatic rings. The number of rotatable bonds is 2. The highest BCUT2D eigenvalue weighted by Gasteiger charge is 2.65. The van der Waals surface area contributed by atoms with Gasteiger partial charge in [0.15, 0.2) is 10.6 Å². The van der Waals surface area contributed by atoms with Crippen molar-refractivity contribution in [2.24, 2.45) is 7.05 Å². The molecule has 1 aromatic carbocycles. The second-order valence-corrected chi connectivity index (χ2v) is 6.70. The van der Waals surface area contributed by atoms with Gasteiger partial charge in [-0.1, -0.05) is 19.4 Å². The van der Waals surface area contributed by atoms with E-state index in [9.17, 15) is 19.4 Å². The van der Waals surface area contributed by atoms with Gasteiger partial charge in [0.05, 0.1) is 0 Å². The van der Waals surface area contributed by atoms with Gasteiger partial charge in [0, 0.05) is 12.6 Å². The molecule has 106 valence electrons. The van der Waals surface area contributed by atoms with E-state index in [1.807, 2.05) is 0 Å². The Labute approximate surface area is 109 Å². The molecule has 0 atom stereocenters. The van der Waals surface area contributed by atoms with Gasteiger partial charge in [0.1, 0.15) is 4.90 Å². The Bertz CT molecular complexity index is 683. The van der Waals surface area contributed by atoms with E-state index in [1.54, 1.807) is 7.05 Å². The lowest BCUT2D eigenvalue weighted by Crippen LogP contribution is -2.05. The first kappa shape index (κ1) is 14.0. The average molecular weight is 317 g/mol. The smallest absolute Gasteiger partial charge is 0.303 e. The summed E-state index contributed by atoms with van der Waals surface area (Å²) in [6, 6.07) is 2.54. The number of nitrogens with zero attached hydrogens (tertiary/aromatic N) is 2. The Morgan fingerprint density at radius 2 is 1.63 bits per heavy atom. The average Bonchev–Trinajstić information content (AvgIpc) is 2.57. The van der Waals surface area contributed by atoms with E-state index in [4.69, 9.17) is 12.2 Å². The SMILES string of the molecule is Cn1c(-c2ccc(S(F)(F)(F)(F)F)cc2)n[nH]c1=S. The second-order valence-electron chi connectivity index (χ2n) is 3.90. The molecule has 0 bridgehead atoms. The van der Waals surface area contributed by atoms with Crippen LogP contribution in [0.1, 0.15) is 0 Å². The minimum absolute atomic E-state index is 0.250. The molecule has 1 aromatic heterocycles. The topological polar surface area (TPSA) is 33.6 Å². The predicted molar refractivity (Wildman–Crippen MR) is 65.2 cm³/mol. The van der Waals surface area contributed by atoms with Crippen molar-refractivity contribution >= 4 is 22.4 Å². The highest BCUT2D eigenvalue weighted by molar-refractivity contribution is 8.45. The fourth-order valence-electron chi connectivity index (χ4n) is 1.47. The van der Waals surface area contributed by atoms with Gasteiger partial charge in [-0.05, 0) is 36.5 Å². The highest BCUT2D eigenvalue weighted by atomic mass is 32.5. The van der Waals surface area contributed by atoms with E-state index in [1.165, 1.54) is 4.57 Å². The van der Waals surface area contributed by atoms with Crippen LogP contribution in [-0.2, 0) is 7.05 Å². The van der Waals surface area contributed by atoms with Crippen LogP contribution in [0.2, 0.25) is 0 Å². The molecular weight excluding hydrogens is 309 g/mol. The second kappa shape index (κ2) is 3.37. The molecule has 1 N–H and O–H groups in total. The monoisotopic (exact) mass is 317 g/mol. The first-order valence-corrected chi connectivity index (χ1v) is 7.20. The Balaban J connectivity index is 2.52. The number of hydrogen-bond donors (Lipinski definition) is 1. The standard InChI is InChI=1S/C9H8F5N3S2/c1-17-8(15-16-9(17)18)6-2-4-7(5-3-6)19(10,11,12,13)14/h2-5H,1H3,(H,16,18). The first-order chi connectivity index (χ1) is 8.38. The molecular formula is C9H8F5N3S2. The van der Waals surface area contributed by atoms with Crippen LogP contribution >= 0.6 is 22.4 Å². The number of nitrogens with one attached hydrogen (secondary N) is 1. The quantitative estimate of drug-likeness (QED) is 0.637. The van der Waals surface area contributed by atoms with Crippen LogP contribution in [-0.4, -0.2) is 14.8 Å². The first-order valence-electron chi connectivity index (χ1n) is 4.84. The molecule has 0 fully saturated rings. The molecule has 1 heterocycles. The maximum atomic E-state index is 12.5. The van der Waals surface area contributed by atoms with E-state index in [0.717, 1.165) is 12.1 Å². The zero-order valence-corrected chi connectivity index (χ0v) is 11.0. The molecule has 3 nitrogen and oxygen atoms in total. The number of aromatic nitrogens is 3. The van der Waals surface area contributed by atoms with Crippen LogP contribution in [0, 0.1) is 4.77 Å². The number of hydrogen-bond acceptors (Lipinski definition) is 2. The minimum atomic E-state index is -9.63. The molecule has 2 aromatic rings. The molecule has 0 saturated carbocycles. The van der Waals surface area contributed by atoms with Gasteiger partial charge in [0.2, 0.25) is 0 Å². The maximum absolute atomic E-state index is 12.5. The molecule has 10 heteroatoms. The third-order valence-corrected chi connectivity index (χ3v) is 3.97. The van der Waals surface area contributed by atoms with Crippen LogP contribution in [0.4, 0.5) is 19.4 Å². The van der Waals surface area contributed by atoms with Gasteiger partial charge >= 0.3 is 10.2 Å². The summed E-state index contributed by atoms with van der Waals surface area (Å²) in [5.74, 6) is 0.263. The van der Waals surface area contributed by atoms with Gasteiger partial charge in [0.25, 0.3) is 0 Å². The van der Waals surface area contributed by atoms with Crippen LogP contribution in [0.3, 0.4) is 0 Å². The summed E-state index contributed by atoms with van der Waals surface area (Å²) < 4.78 is 64.3. The molecule has 19 heavy (non-hydrogen) atoms. The van der Waals surface area contributed by atoms with Gasteiger partial charge in [-0.25, -0.2) is 0 Å². The predicted octanol–water partition coefficient (Wildman–Crippen LogP) is 4.80. The Morgan fingerprint density at radius 1 is 1.11 bits per heavy atom.